The second-order valence-corrected chi connectivity index (χ2v) is 8.81. The van der Waals surface area contributed by atoms with Crippen LogP contribution >= 0.6 is 0 Å². The van der Waals surface area contributed by atoms with Crippen LogP contribution in [0.15, 0.2) is 58.4 Å². The fourth-order valence-corrected chi connectivity index (χ4v) is 3.36. The summed E-state index contributed by atoms with van der Waals surface area (Å²) in [5.41, 5.74) is 1.12. The second-order valence-electron chi connectivity index (χ2n) is 6.80. The largest absolute Gasteiger partial charge is 0.416 e. The van der Waals surface area contributed by atoms with Gasteiger partial charge < -0.3 is 10.6 Å². The summed E-state index contributed by atoms with van der Waals surface area (Å²) < 4.78 is 60.8. The Kier molecular flexibility index (Phi) is 8.28. The molecule has 9 heteroatoms. The number of sulfone groups is 1. The zero-order valence-electron chi connectivity index (χ0n) is 17.0. The number of halogens is 3. The van der Waals surface area contributed by atoms with Crippen LogP contribution in [0, 0.1) is 0 Å². The highest BCUT2D eigenvalue weighted by Crippen LogP contribution is 2.29. The van der Waals surface area contributed by atoms with Crippen molar-refractivity contribution in [3.63, 3.8) is 0 Å². The van der Waals surface area contributed by atoms with E-state index in [2.05, 4.69) is 15.6 Å². The molecule has 0 radical (unpaired) electrons. The maximum absolute atomic E-state index is 12.6. The molecule has 5 nitrogen and oxygen atoms in total. The molecule has 2 aromatic carbocycles. The van der Waals surface area contributed by atoms with E-state index in [-0.39, 0.29) is 4.90 Å². The Labute approximate surface area is 175 Å². The van der Waals surface area contributed by atoms with E-state index in [1.54, 1.807) is 24.3 Å². The minimum Gasteiger partial charge on any atom is -0.357 e. The lowest BCUT2D eigenvalue weighted by Crippen LogP contribution is -2.38. The van der Waals surface area contributed by atoms with Crippen molar-refractivity contribution in [2.45, 2.75) is 30.8 Å². The van der Waals surface area contributed by atoms with Crippen molar-refractivity contribution >= 4 is 15.8 Å². The molecule has 2 aromatic rings. The summed E-state index contributed by atoms with van der Waals surface area (Å²) in [5.74, 6) is 0.622. The molecule has 0 fully saturated rings. The maximum Gasteiger partial charge on any atom is 0.416 e. The van der Waals surface area contributed by atoms with Crippen molar-refractivity contribution in [3.05, 3.63) is 65.2 Å². The first-order chi connectivity index (χ1) is 14.1. The average molecular weight is 442 g/mol. The topological polar surface area (TPSA) is 70.6 Å². The van der Waals surface area contributed by atoms with Crippen LogP contribution in [0.4, 0.5) is 13.2 Å². The first kappa shape index (κ1) is 23.7. The van der Waals surface area contributed by atoms with Gasteiger partial charge in [-0.15, -0.1) is 0 Å². The third-order valence-electron chi connectivity index (χ3n) is 4.35. The standard InChI is InChI=1S/C21H26F3N3O2S/c1-3-25-20(26-14-12-16-4-8-18(9-5-16)21(22,23)24)27-15-13-17-6-10-19(11-7-17)30(2,28)29/h4-11H,3,12-15H2,1-2H3,(H2,25,26,27). The number of benzene rings is 2. The normalized spacial score (nSPS) is 12.6. The van der Waals surface area contributed by atoms with Gasteiger partial charge in [-0.05, 0) is 55.2 Å². The number of hydrogen-bond donors (Lipinski definition) is 2. The molecule has 0 unspecified atom stereocenters. The van der Waals surface area contributed by atoms with Crippen molar-refractivity contribution in [1.29, 1.82) is 0 Å². The Morgan fingerprint density at radius 1 is 0.933 bits per heavy atom. The summed E-state index contributed by atoms with van der Waals surface area (Å²) in [6.07, 6.45) is -1.94. The number of hydrogen-bond acceptors (Lipinski definition) is 3. The van der Waals surface area contributed by atoms with Crippen LogP contribution in [0.25, 0.3) is 0 Å². The zero-order chi connectivity index (χ0) is 22.2. The molecule has 0 aliphatic heterocycles. The zero-order valence-corrected chi connectivity index (χ0v) is 17.8. The van der Waals surface area contributed by atoms with Crippen LogP contribution in [-0.4, -0.2) is 40.3 Å². The third kappa shape index (κ3) is 7.70. The average Bonchev–Trinajstić information content (AvgIpc) is 2.67. The molecule has 0 aliphatic rings. The van der Waals surface area contributed by atoms with Crippen LogP contribution in [0.5, 0.6) is 0 Å². The fourth-order valence-electron chi connectivity index (χ4n) is 2.73. The quantitative estimate of drug-likeness (QED) is 0.486. The molecule has 0 atom stereocenters. The van der Waals surface area contributed by atoms with Gasteiger partial charge in [0.15, 0.2) is 15.8 Å². The molecule has 0 amide bonds. The number of guanidine groups is 1. The number of alkyl halides is 3. The highest BCUT2D eigenvalue weighted by molar-refractivity contribution is 7.90. The summed E-state index contributed by atoms with van der Waals surface area (Å²) in [7, 11) is -3.20. The molecule has 164 valence electrons. The third-order valence-corrected chi connectivity index (χ3v) is 5.48. The summed E-state index contributed by atoms with van der Waals surface area (Å²) in [5, 5.41) is 6.33. The molecule has 30 heavy (non-hydrogen) atoms. The molecule has 0 bridgehead atoms. The molecule has 0 aliphatic carbocycles. The first-order valence-electron chi connectivity index (χ1n) is 9.57. The lowest BCUT2D eigenvalue weighted by molar-refractivity contribution is -0.137. The van der Waals surface area contributed by atoms with Crippen molar-refractivity contribution in [3.8, 4) is 0 Å². The fraction of sp³-hybridized carbons (Fsp3) is 0.381. The van der Waals surface area contributed by atoms with E-state index < -0.39 is 21.6 Å². The molecule has 2 rings (SSSR count). The van der Waals surface area contributed by atoms with Crippen molar-refractivity contribution in [2.75, 3.05) is 25.9 Å². The maximum atomic E-state index is 12.6. The number of nitrogens with one attached hydrogen (secondary N) is 2. The number of aliphatic imine (C=N–C) groups is 1. The number of rotatable bonds is 8. The van der Waals surface area contributed by atoms with Crippen molar-refractivity contribution in [2.24, 2.45) is 4.99 Å². The summed E-state index contributed by atoms with van der Waals surface area (Å²) in [4.78, 5) is 4.74. The summed E-state index contributed by atoms with van der Waals surface area (Å²) in [6.45, 7) is 3.65. The monoisotopic (exact) mass is 441 g/mol. The van der Waals surface area contributed by atoms with Gasteiger partial charge in [-0.2, -0.15) is 13.2 Å². The van der Waals surface area contributed by atoms with E-state index >= 15 is 0 Å². The van der Waals surface area contributed by atoms with Gasteiger partial charge in [0.1, 0.15) is 0 Å². The Bertz CT molecular complexity index is 939. The SMILES string of the molecule is CCNC(=NCCc1ccc(C(F)(F)F)cc1)NCCc1ccc(S(C)(=O)=O)cc1. The Morgan fingerprint density at radius 2 is 1.50 bits per heavy atom. The Hall–Kier alpha value is -2.55. The van der Waals surface area contributed by atoms with E-state index in [1.807, 2.05) is 6.92 Å². The van der Waals surface area contributed by atoms with Gasteiger partial charge in [-0.1, -0.05) is 24.3 Å². The summed E-state index contributed by atoms with van der Waals surface area (Å²) >= 11 is 0. The second kappa shape index (κ2) is 10.5. The minimum atomic E-state index is -4.33. The molecule has 0 saturated carbocycles. The molecule has 0 aromatic heterocycles. The predicted octanol–water partition coefficient (Wildman–Crippen LogP) is 3.45. The van der Waals surface area contributed by atoms with E-state index in [4.69, 9.17) is 0 Å². The van der Waals surface area contributed by atoms with E-state index in [9.17, 15) is 21.6 Å². The van der Waals surface area contributed by atoms with Crippen LogP contribution in [-0.2, 0) is 28.9 Å². The van der Waals surface area contributed by atoms with Crippen molar-refractivity contribution in [1.82, 2.24) is 10.6 Å². The first-order valence-corrected chi connectivity index (χ1v) is 11.5. The van der Waals surface area contributed by atoms with Gasteiger partial charge >= 0.3 is 6.18 Å². The lowest BCUT2D eigenvalue weighted by Gasteiger charge is -2.12. The van der Waals surface area contributed by atoms with Crippen LogP contribution in [0.1, 0.15) is 23.6 Å². The predicted molar refractivity (Wildman–Crippen MR) is 112 cm³/mol. The van der Waals surface area contributed by atoms with Gasteiger partial charge in [0.05, 0.1) is 10.5 Å². The van der Waals surface area contributed by atoms with E-state index in [1.165, 1.54) is 18.4 Å². The highest BCUT2D eigenvalue weighted by Gasteiger charge is 2.29. The van der Waals surface area contributed by atoms with Gasteiger partial charge in [0.2, 0.25) is 0 Å². The van der Waals surface area contributed by atoms with Crippen molar-refractivity contribution < 1.29 is 21.6 Å². The van der Waals surface area contributed by atoms with Crippen LogP contribution in [0.3, 0.4) is 0 Å². The number of nitrogens with zero attached hydrogens (tertiary/aromatic N) is 1. The van der Waals surface area contributed by atoms with Crippen LogP contribution in [0.2, 0.25) is 0 Å². The smallest absolute Gasteiger partial charge is 0.357 e. The molecule has 0 spiro atoms. The highest BCUT2D eigenvalue weighted by atomic mass is 32.2. The van der Waals surface area contributed by atoms with Gasteiger partial charge in [0.25, 0.3) is 0 Å². The molecule has 0 saturated heterocycles. The van der Waals surface area contributed by atoms with E-state index in [0.29, 0.717) is 38.4 Å². The lowest BCUT2D eigenvalue weighted by atomic mass is 10.1. The molecular formula is C21H26F3N3O2S. The van der Waals surface area contributed by atoms with Crippen LogP contribution < -0.4 is 10.6 Å². The van der Waals surface area contributed by atoms with E-state index in [0.717, 1.165) is 23.3 Å². The Morgan fingerprint density at radius 3 is 2.03 bits per heavy atom. The summed E-state index contributed by atoms with van der Waals surface area (Å²) in [6, 6.07) is 11.9. The molecule has 0 heterocycles. The minimum absolute atomic E-state index is 0.289. The molecular weight excluding hydrogens is 415 g/mol. The molecule has 2 N–H and O–H groups in total. The van der Waals surface area contributed by atoms with Gasteiger partial charge in [0, 0.05) is 25.9 Å². The van der Waals surface area contributed by atoms with Gasteiger partial charge in [-0.3, -0.25) is 4.99 Å². The van der Waals surface area contributed by atoms with Gasteiger partial charge in [-0.25, -0.2) is 8.42 Å². The Balaban J connectivity index is 1.85.